The summed E-state index contributed by atoms with van der Waals surface area (Å²) < 4.78 is 0. The van der Waals surface area contributed by atoms with Crippen molar-refractivity contribution in [2.24, 2.45) is 0 Å². The molecule has 0 aliphatic rings. The fraction of sp³-hybridized carbons (Fsp3) is 1.00. The Hall–Kier alpha value is -0.0800. The van der Waals surface area contributed by atoms with E-state index in [0.29, 0.717) is 6.04 Å². The van der Waals surface area contributed by atoms with Crippen molar-refractivity contribution in [2.45, 2.75) is 39.2 Å². The van der Waals surface area contributed by atoms with E-state index < -0.39 is 0 Å². The van der Waals surface area contributed by atoms with Crippen molar-refractivity contribution in [3.8, 4) is 0 Å². The zero-order chi connectivity index (χ0) is 9.40. The Morgan fingerprint density at radius 1 is 1.25 bits per heavy atom. The van der Waals surface area contributed by atoms with Crippen molar-refractivity contribution < 1.29 is 0 Å². The highest BCUT2D eigenvalue weighted by molar-refractivity contribution is 4.68. The van der Waals surface area contributed by atoms with E-state index in [-0.39, 0.29) is 0 Å². The van der Waals surface area contributed by atoms with Gasteiger partial charge in [-0.25, -0.2) is 0 Å². The van der Waals surface area contributed by atoms with Gasteiger partial charge in [0.25, 0.3) is 0 Å². The molecule has 74 valence electrons. The monoisotopic (exact) mass is 172 g/mol. The van der Waals surface area contributed by atoms with Crippen LogP contribution in [0.1, 0.15) is 33.1 Å². The van der Waals surface area contributed by atoms with Gasteiger partial charge in [-0.2, -0.15) is 0 Å². The predicted molar refractivity (Wildman–Crippen MR) is 55.5 cm³/mol. The van der Waals surface area contributed by atoms with Gasteiger partial charge < -0.3 is 10.2 Å². The molecule has 0 amide bonds. The summed E-state index contributed by atoms with van der Waals surface area (Å²) in [5.74, 6) is 0. The highest BCUT2D eigenvalue weighted by atomic mass is 15.1. The first-order valence-electron chi connectivity index (χ1n) is 5.08. The van der Waals surface area contributed by atoms with Gasteiger partial charge in [0, 0.05) is 12.6 Å². The summed E-state index contributed by atoms with van der Waals surface area (Å²) in [6.07, 6.45) is 3.95. The second kappa shape index (κ2) is 7.56. The van der Waals surface area contributed by atoms with Gasteiger partial charge in [0.15, 0.2) is 0 Å². The van der Waals surface area contributed by atoms with Crippen LogP contribution in [0.25, 0.3) is 0 Å². The van der Waals surface area contributed by atoms with Crippen molar-refractivity contribution >= 4 is 0 Å². The Bertz CT molecular complexity index is 91.8. The van der Waals surface area contributed by atoms with Crippen molar-refractivity contribution in [3.05, 3.63) is 0 Å². The highest BCUT2D eigenvalue weighted by Gasteiger charge is 2.06. The van der Waals surface area contributed by atoms with E-state index >= 15 is 0 Å². The molecule has 2 heteroatoms. The van der Waals surface area contributed by atoms with Crippen LogP contribution >= 0.6 is 0 Å². The number of hydrogen-bond donors (Lipinski definition) is 1. The summed E-state index contributed by atoms with van der Waals surface area (Å²) in [5.41, 5.74) is 0. The zero-order valence-corrected chi connectivity index (χ0v) is 9.06. The number of hydrogen-bond acceptors (Lipinski definition) is 2. The second-order valence-electron chi connectivity index (χ2n) is 3.66. The van der Waals surface area contributed by atoms with E-state index in [0.717, 1.165) is 13.1 Å². The van der Waals surface area contributed by atoms with Gasteiger partial charge in [-0.3, -0.25) is 0 Å². The fourth-order valence-corrected chi connectivity index (χ4v) is 1.44. The largest absolute Gasteiger partial charge is 0.313 e. The van der Waals surface area contributed by atoms with Crippen molar-refractivity contribution in [1.82, 2.24) is 10.2 Å². The third kappa shape index (κ3) is 6.62. The molecule has 0 saturated carbocycles. The van der Waals surface area contributed by atoms with Gasteiger partial charge in [-0.15, -0.1) is 0 Å². The fourth-order valence-electron chi connectivity index (χ4n) is 1.44. The lowest BCUT2D eigenvalue weighted by Crippen LogP contribution is -2.38. The van der Waals surface area contributed by atoms with E-state index in [1.165, 1.54) is 19.3 Å². The molecule has 12 heavy (non-hydrogen) atoms. The molecular formula is C10H24N2. The first kappa shape index (κ1) is 11.9. The van der Waals surface area contributed by atoms with Gasteiger partial charge in [-0.05, 0) is 27.1 Å². The molecule has 0 fully saturated rings. The lowest BCUT2D eigenvalue weighted by molar-refractivity contribution is 0.325. The minimum absolute atomic E-state index is 0.685. The van der Waals surface area contributed by atoms with Gasteiger partial charge >= 0.3 is 0 Å². The molecule has 0 spiro atoms. The number of unbranched alkanes of at least 4 members (excludes halogenated alkanes) is 1. The number of nitrogens with one attached hydrogen (secondary N) is 1. The molecule has 1 N–H and O–H groups in total. The van der Waals surface area contributed by atoms with Gasteiger partial charge in [-0.1, -0.05) is 26.7 Å². The molecular weight excluding hydrogens is 148 g/mol. The van der Waals surface area contributed by atoms with Crippen LogP contribution in [0.2, 0.25) is 0 Å². The third-order valence-electron chi connectivity index (χ3n) is 1.98. The maximum Gasteiger partial charge on any atom is 0.0194 e. The van der Waals surface area contributed by atoms with Crippen molar-refractivity contribution in [2.75, 3.05) is 27.2 Å². The Morgan fingerprint density at radius 2 is 1.92 bits per heavy atom. The van der Waals surface area contributed by atoms with Crippen LogP contribution < -0.4 is 5.32 Å². The number of rotatable bonds is 7. The molecule has 0 aliphatic heterocycles. The van der Waals surface area contributed by atoms with Gasteiger partial charge in [0.1, 0.15) is 0 Å². The summed E-state index contributed by atoms with van der Waals surface area (Å²) in [6.45, 7) is 6.67. The Labute approximate surface area is 77.3 Å². The second-order valence-corrected chi connectivity index (χ2v) is 3.66. The van der Waals surface area contributed by atoms with Gasteiger partial charge in [0.05, 0.1) is 0 Å². The summed E-state index contributed by atoms with van der Waals surface area (Å²) in [6, 6.07) is 0.685. The topological polar surface area (TPSA) is 15.3 Å². The SMILES string of the molecule is CCCCC(CN(C)C)NCC. The number of nitrogens with zero attached hydrogens (tertiary/aromatic N) is 1. The lowest BCUT2D eigenvalue weighted by atomic mass is 10.1. The molecule has 1 atom stereocenters. The van der Waals surface area contributed by atoms with E-state index in [9.17, 15) is 0 Å². The highest BCUT2D eigenvalue weighted by Crippen LogP contribution is 2.01. The maximum atomic E-state index is 3.51. The Kier molecular flexibility index (Phi) is 7.51. The minimum atomic E-state index is 0.685. The van der Waals surface area contributed by atoms with Crippen LogP contribution in [-0.2, 0) is 0 Å². The first-order valence-corrected chi connectivity index (χ1v) is 5.08. The van der Waals surface area contributed by atoms with E-state index in [2.05, 4.69) is 38.2 Å². The molecule has 0 aromatic rings. The molecule has 0 radical (unpaired) electrons. The lowest BCUT2D eigenvalue weighted by Gasteiger charge is -2.21. The summed E-state index contributed by atoms with van der Waals surface area (Å²) in [7, 11) is 4.27. The summed E-state index contributed by atoms with van der Waals surface area (Å²) >= 11 is 0. The van der Waals surface area contributed by atoms with Crippen LogP contribution in [-0.4, -0.2) is 38.1 Å². The van der Waals surface area contributed by atoms with Crippen LogP contribution in [0.15, 0.2) is 0 Å². The predicted octanol–water partition coefficient (Wildman–Crippen LogP) is 1.72. The van der Waals surface area contributed by atoms with E-state index in [1.807, 2.05) is 0 Å². The van der Waals surface area contributed by atoms with Crippen LogP contribution in [0.5, 0.6) is 0 Å². The van der Waals surface area contributed by atoms with Crippen molar-refractivity contribution in [3.63, 3.8) is 0 Å². The molecule has 0 saturated heterocycles. The summed E-state index contributed by atoms with van der Waals surface area (Å²) in [5, 5.41) is 3.51. The third-order valence-corrected chi connectivity index (χ3v) is 1.98. The molecule has 0 heterocycles. The zero-order valence-electron chi connectivity index (χ0n) is 9.06. The average molecular weight is 172 g/mol. The molecule has 0 rings (SSSR count). The standard InChI is InChI=1S/C10H24N2/c1-5-7-8-10(11-6-2)9-12(3)4/h10-11H,5-9H2,1-4H3. The quantitative estimate of drug-likeness (QED) is 0.629. The van der Waals surface area contributed by atoms with Crippen LogP contribution in [0.4, 0.5) is 0 Å². The maximum absolute atomic E-state index is 3.51. The normalized spacial score (nSPS) is 13.8. The average Bonchev–Trinajstić information content (AvgIpc) is 2.00. The molecule has 0 bridgehead atoms. The van der Waals surface area contributed by atoms with E-state index in [4.69, 9.17) is 0 Å². The summed E-state index contributed by atoms with van der Waals surface area (Å²) in [4.78, 5) is 2.25. The van der Waals surface area contributed by atoms with Crippen LogP contribution in [0, 0.1) is 0 Å². The minimum Gasteiger partial charge on any atom is -0.313 e. The first-order chi connectivity index (χ1) is 5.70. The Morgan fingerprint density at radius 3 is 2.33 bits per heavy atom. The molecule has 1 unspecified atom stereocenters. The Balaban J connectivity index is 3.54. The number of likely N-dealkylation sites (N-methyl/N-ethyl adjacent to an activating group) is 2. The van der Waals surface area contributed by atoms with E-state index in [1.54, 1.807) is 0 Å². The molecule has 0 aliphatic carbocycles. The molecule has 2 nitrogen and oxygen atoms in total. The van der Waals surface area contributed by atoms with Crippen molar-refractivity contribution in [1.29, 1.82) is 0 Å². The van der Waals surface area contributed by atoms with Gasteiger partial charge in [0.2, 0.25) is 0 Å². The molecule has 0 aromatic heterocycles. The molecule has 0 aromatic carbocycles. The van der Waals surface area contributed by atoms with Crippen LogP contribution in [0.3, 0.4) is 0 Å². The smallest absolute Gasteiger partial charge is 0.0194 e.